The van der Waals surface area contributed by atoms with Gasteiger partial charge in [-0.2, -0.15) is 0 Å². The van der Waals surface area contributed by atoms with Crippen LogP contribution in [0.1, 0.15) is 30.1 Å². The predicted molar refractivity (Wildman–Crippen MR) is 72.4 cm³/mol. The van der Waals surface area contributed by atoms with Crippen LogP contribution < -0.4 is 5.32 Å². The molecule has 0 radical (unpaired) electrons. The number of rotatable bonds is 3. The first-order valence-electron chi connectivity index (χ1n) is 6.67. The molecule has 1 saturated heterocycles. The van der Waals surface area contributed by atoms with Crippen molar-refractivity contribution in [1.29, 1.82) is 0 Å². The molecule has 0 saturated carbocycles. The number of nitrogens with zero attached hydrogens (tertiary/aromatic N) is 1. The molecule has 1 unspecified atom stereocenters. The second-order valence-corrected chi connectivity index (χ2v) is 4.76. The van der Waals surface area contributed by atoms with Crippen molar-refractivity contribution in [2.75, 3.05) is 19.6 Å². The van der Waals surface area contributed by atoms with Gasteiger partial charge >= 0.3 is 0 Å². The Hall–Kier alpha value is -1.75. The maximum Gasteiger partial charge on any atom is 0.258 e. The first-order valence-corrected chi connectivity index (χ1v) is 6.67. The number of likely N-dealkylation sites (N-methyl/N-ethyl adjacent to an activating group) is 1. The van der Waals surface area contributed by atoms with E-state index in [0.29, 0.717) is 6.54 Å². The molecular weight excluding hydrogens is 244 g/mol. The predicted octanol–water partition coefficient (Wildman–Crippen LogP) is 1.31. The minimum absolute atomic E-state index is 0.146. The van der Waals surface area contributed by atoms with E-state index in [0.717, 1.165) is 25.9 Å². The lowest BCUT2D eigenvalue weighted by molar-refractivity contribution is 0.0658. The Kier molecular flexibility index (Phi) is 4.27. The zero-order valence-corrected chi connectivity index (χ0v) is 11.1. The van der Waals surface area contributed by atoms with Crippen molar-refractivity contribution in [3.63, 3.8) is 0 Å². The van der Waals surface area contributed by atoms with Gasteiger partial charge in [0.15, 0.2) is 11.5 Å². The summed E-state index contributed by atoms with van der Waals surface area (Å²) in [6.07, 6.45) is 2.01. The van der Waals surface area contributed by atoms with Gasteiger partial charge < -0.3 is 20.4 Å². The third kappa shape index (κ3) is 2.81. The van der Waals surface area contributed by atoms with Gasteiger partial charge in [0.05, 0.1) is 5.56 Å². The van der Waals surface area contributed by atoms with Gasteiger partial charge in [0.25, 0.3) is 5.91 Å². The number of hydrogen-bond acceptors (Lipinski definition) is 4. The average molecular weight is 264 g/mol. The fourth-order valence-electron chi connectivity index (χ4n) is 2.53. The number of hydrogen-bond donors (Lipinski definition) is 3. The maximum absolute atomic E-state index is 12.5. The highest BCUT2D eigenvalue weighted by molar-refractivity contribution is 5.97. The lowest BCUT2D eigenvalue weighted by Gasteiger charge is -2.34. The summed E-state index contributed by atoms with van der Waals surface area (Å²) in [5, 5.41) is 22.6. The molecule has 1 aliphatic rings. The highest BCUT2D eigenvalue weighted by atomic mass is 16.3. The summed E-state index contributed by atoms with van der Waals surface area (Å²) in [5.41, 5.74) is 0.160. The molecule has 1 heterocycles. The van der Waals surface area contributed by atoms with Crippen LogP contribution in [0, 0.1) is 0 Å². The summed E-state index contributed by atoms with van der Waals surface area (Å²) in [6, 6.07) is 4.61. The summed E-state index contributed by atoms with van der Waals surface area (Å²) in [4.78, 5) is 14.2. The van der Waals surface area contributed by atoms with Crippen molar-refractivity contribution in [1.82, 2.24) is 10.2 Å². The summed E-state index contributed by atoms with van der Waals surface area (Å²) in [5.74, 6) is -0.831. The number of piperidine rings is 1. The number of carbonyl (C=O) groups is 1. The Labute approximate surface area is 112 Å². The van der Waals surface area contributed by atoms with E-state index in [9.17, 15) is 15.0 Å². The topological polar surface area (TPSA) is 72.8 Å². The smallest absolute Gasteiger partial charge is 0.258 e. The molecule has 5 nitrogen and oxygen atoms in total. The fourth-order valence-corrected chi connectivity index (χ4v) is 2.53. The zero-order valence-electron chi connectivity index (χ0n) is 11.1. The van der Waals surface area contributed by atoms with Crippen molar-refractivity contribution in [3.8, 4) is 11.5 Å². The van der Waals surface area contributed by atoms with E-state index in [4.69, 9.17) is 0 Å². The van der Waals surface area contributed by atoms with E-state index in [1.807, 2.05) is 6.92 Å². The second-order valence-electron chi connectivity index (χ2n) is 4.76. The van der Waals surface area contributed by atoms with E-state index < -0.39 is 0 Å². The lowest BCUT2D eigenvalue weighted by Crippen LogP contribution is -2.48. The molecule has 0 aromatic heterocycles. The molecule has 1 fully saturated rings. The third-order valence-electron chi connectivity index (χ3n) is 3.56. The minimum atomic E-state index is -0.338. The molecule has 0 bridgehead atoms. The molecule has 19 heavy (non-hydrogen) atoms. The van der Waals surface area contributed by atoms with Crippen LogP contribution in [0.25, 0.3) is 0 Å². The molecule has 2 rings (SSSR count). The summed E-state index contributed by atoms with van der Waals surface area (Å²) in [6.45, 7) is 4.27. The van der Waals surface area contributed by atoms with Crippen molar-refractivity contribution in [3.05, 3.63) is 23.8 Å². The molecule has 0 spiro atoms. The molecule has 1 aromatic carbocycles. The van der Waals surface area contributed by atoms with Crippen molar-refractivity contribution >= 4 is 5.91 Å². The van der Waals surface area contributed by atoms with Crippen molar-refractivity contribution in [2.24, 2.45) is 0 Å². The van der Waals surface area contributed by atoms with Crippen molar-refractivity contribution in [2.45, 2.75) is 25.8 Å². The van der Waals surface area contributed by atoms with E-state index in [1.165, 1.54) is 12.1 Å². The molecule has 1 aromatic rings. The number of aromatic hydroxyl groups is 2. The van der Waals surface area contributed by atoms with Gasteiger partial charge in [-0.3, -0.25) is 4.79 Å². The number of amides is 1. The summed E-state index contributed by atoms with van der Waals surface area (Å²) < 4.78 is 0. The minimum Gasteiger partial charge on any atom is -0.504 e. The number of nitrogens with one attached hydrogen (secondary N) is 1. The normalized spacial score (nSPS) is 19.1. The molecule has 3 N–H and O–H groups in total. The molecule has 1 atom stereocenters. The SMILES string of the molecule is CCN(C(=O)c1cccc(O)c1O)C1CCCNC1. The standard InChI is InChI=1S/C14H20N2O3/c1-2-16(10-5-4-8-15-9-10)14(19)11-6-3-7-12(17)13(11)18/h3,6-7,10,15,17-18H,2,4-5,8-9H2,1H3. The van der Waals surface area contributed by atoms with E-state index >= 15 is 0 Å². The second kappa shape index (κ2) is 5.93. The van der Waals surface area contributed by atoms with Gasteiger partial charge in [0.2, 0.25) is 0 Å². The Morgan fingerprint density at radius 3 is 2.89 bits per heavy atom. The van der Waals surface area contributed by atoms with Crippen LogP contribution in [0.2, 0.25) is 0 Å². The quantitative estimate of drug-likeness (QED) is 0.720. The first-order chi connectivity index (χ1) is 9.15. The number of phenols is 2. The summed E-state index contributed by atoms with van der Waals surface area (Å²) in [7, 11) is 0. The Balaban J connectivity index is 2.22. The molecule has 5 heteroatoms. The van der Waals surface area contributed by atoms with Gasteiger partial charge in [0.1, 0.15) is 0 Å². The van der Waals surface area contributed by atoms with E-state index in [-0.39, 0.29) is 29.0 Å². The van der Waals surface area contributed by atoms with Crippen molar-refractivity contribution < 1.29 is 15.0 Å². The Bertz CT molecular complexity index is 456. The summed E-state index contributed by atoms with van der Waals surface area (Å²) >= 11 is 0. The average Bonchev–Trinajstić information content (AvgIpc) is 2.44. The molecule has 0 aliphatic carbocycles. The number of carbonyl (C=O) groups excluding carboxylic acids is 1. The fraction of sp³-hybridized carbons (Fsp3) is 0.500. The number of benzene rings is 1. The van der Waals surface area contributed by atoms with Crippen LogP contribution in [-0.2, 0) is 0 Å². The van der Waals surface area contributed by atoms with E-state index in [2.05, 4.69) is 5.32 Å². The Morgan fingerprint density at radius 2 is 2.26 bits per heavy atom. The van der Waals surface area contributed by atoms with Crippen LogP contribution in [0.3, 0.4) is 0 Å². The number of phenolic OH excluding ortho intramolecular Hbond substituents is 2. The van der Waals surface area contributed by atoms with Crippen LogP contribution in [0.15, 0.2) is 18.2 Å². The largest absolute Gasteiger partial charge is 0.504 e. The highest BCUT2D eigenvalue weighted by Crippen LogP contribution is 2.29. The zero-order chi connectivity index (χ0) is 13.8. The van der Waals surface area contributed by atoms with Gasteiger partial charge in [-0.1, -0.05) is 6.07 Å². The van der Waals surface area contributed by atoms with Gasteiger partial charge in [-0.15, -0.1) is 0 Å². The van der Waals surface area contributed by atoms with Gasteiger partial charge in [0, 0.05) is 19.1 Å². The highest BCUT2D eigenvalue weighted by Gasteiger charge is 2.26. The molecule has 1 amide bonds. The van der Waals surface area contributed by atoms with Gasteiger partial charge in [-0.05, 0) is 38.4 Å². The molecular formula is C14H20N2O3. The van der Waals surface area contributed by atoms with Crippen LogP contribution in [-0.4, -0.2) is 46.7 Å². The van der Waals surface area contributed by atoms with E-state index in [1.54, 1.807) is 11.0 Å². The number of para-hydroxylation sites is 1. The molecule has 104 valence electrons. The lowest BCUT2D eigenvalue weighted by atomic mass is 10.0. The molecule has 1 aliphatic heterocycles. The van der Waals surface area contributed by atoms with Gasteiger partial charge in [-0.25, -0.2) is 0 Å². The third-order valence-corrected chi connectivity index (χ3v) is 3.56. The van der Waals surface area contributed by atoms with Crippen LogP contribution in [0.5, 0.6) is 11.5 Å². The Morgan fingerprint density at radius 1 is 1.47 bits per heavy atom. The van der Waals surface area contributed by atoms with Crippen LogP contribution in [0.4, 0.5) is 0 Å². The van der Waals surface area contributed by atoms with Crippen LogP contribution >= 0.6 is 0 Å². The monoisotopic (exact) mass is 264 g/mol. The first kappa shape index (κ1) is 13.7. The maximum atomic E-state index is 12.5.